The van der Waals surface area contributed by atoms with Crippen molar-refractivity contribution in [3.8, 4) is 0 Å². The molecule has 3 heteroatoms. The molecule has 1 atom stereocenters. The average Bonchev–Trinajstić information content (AvgIpc) is 2.37. The van der Waals surface area contributed by atoms with E-state index in [-0.39, 0.29) is 11.9 Å². The van der Waals surface area contributed by atoms with Crippen LogP contribution < -0.4 is 5.32 Å². The van der Waals surface area contributed by atoms with E-state index in [1.165, 1.54) is 44.7 Å². The van der Waals surface area contributed by atoms with Gasteiger partial charge < -0.3 is 5.32 Å². The molecule has 1 aromatic rings. The first-order valence-corrected chi connectivity index (χ1v) is 7.96. The van der Waals surface area contributed by atoms with Crippen molar-refractivity contribution in [1.82, 2.24) is 10.3 Å². The van der Waals surface area contributed by atoms with Crippen LogP contribution in [0, 0.1) is 29.0 Å². The molecule has 20 heavy (non-hydrogen) atoms. The van der Waals surface area contributed by atoms with Gasteiger partial charge in [0.15, 0.2) is 0 Å². The lowest BCUT2D eigenvalue weighted by molar-refractivity contribution is -0.0737. The maximum atomic E-state index is 13.5. The minimum atomic E-state index is -0.215. The monoisotopic (exact) mass is 274 g/mol. The van der Waals surface area contributed by atoms with Gasteiger partial charge in [-0.2, -0.15) is 0 Å². The summed E-state index contributed by atoms with van der Waals surface area (Å²) in [5, 5.41) is 3.50. The van der Waals surface area contributed by atoms with E-state index in [9.17, 15) is 4.39 Å². The van der Waals surface area contributed by atoms with E-state index in [0.29, 0.717) is 5.41 Å². The molecule has 0 aromatic carbocycles. The molecule has 0 radical (unpaired) electrons. The van der Waals surface area contributed by atoms with Crippen LogP contribution in [0.5, 0.6) is 0 Å². The molecule has 4 aliphatic carbocycles. The Morgan fingerprint density at radius 2 is 1.75 bits per heavy atom. The summed E-state index contributed by atoms with van der Waals surface area (Å²) in [6.07, 6.45) is 11.4. The number of hydrogen-bond donors (Lipinski definition) is 1. The molecular weight excluding hydrogens is 251 g/mol. The van der Waals surface area contributed by atoms with Crippen LogP contribution in [-0.2, 0) is 0 Å². The predicted octanol–water partition coefficient (Wildman–Crippen LogP) is 3.70. The molecule has 0 amide bonds. The number of rotatable bonds is 3. The maximum Gasteiger partial charge on any atom is 0.141 e. The molecule has 4 fully saturated rings. The first-order valence-electron chi connectivity index (χ1n) is 7.96. The van der Waals surface area contributed by atoms with E-state index in [1.807, 2.05) is 13.2 Å². The highest BCUT2D eigenvalue weighted by atomic mass is 19.1. The van der Waals surface area contributed by atoms with Gasteiger partial charge in [0, 0.05) is 12.2 Å². The molecule has 0 spiro atoms. The van der Waals surface area contributed by atoms with Crippen molar-refractivity contribution in [3.63, 3.8) is 0 Å². The van der Waals surface area contributed by atoms with E-state index < -0.39 is 0 Å². The lowest BCUT2D eigenvalue weighted by Crippen LogP contribution is -2.51. The largest absolute Gasteiger partial charge is 0.312 e. The number of nitrogens with one attached hydrogen (secondary N) is 1. The molecular formula is C17H23FN2. The van der Waals surface area contributed by atoms with Crippen LogP contribution >= 0.6 is 0 Å². The first kappa shape index (κ1) is 12.8. The van der Waals surface area contributed by atoms with E-state index in [0.717, 1.165) is 23.3 Å². The quantitative estimate of drug-likeness (QED) is 0.909. The third-order valence-electron chi connectivity index (χ3n) is 6.05. The van der Waals surface area contributed by atoms with Gasteiger partial charge in [0.2, 0.25) is 0 Å². The lowest BCUT2D eigenvalue weighted by atomic mass is 9.47. The highest BCUT2D eigenvalue weighted by Gasteiger charge is 2.54. The molecule has 108 valence electrons. The molecule has 1 N–H and O–H groups in total. The van der Waals surface area contributed by atoms with Crippen LogP contribution in [0.4, 0.5) is 4.39 Å². The standard InChI is InChI=1S/C17H23FN2/c1-19-16(14-5-15(18)10-20-9-14)17-6-11-2-12(7-17)4-13(3-11)8-17/h5,9-13,16,19H,2-4,6-8H2,1H3. The Kier molecular flexibility index (Phi) is 2.88. The van der Waals surface area contributed by atoms with Crippen LogP contribution in [0.1, 0.15) is 50.1 Å². The Morgan fingerprint density at radius 1 is 1.15 bits per heavy atom. The number of pyridine rings is 1. The van der Waals surface area contributed by atoms with Crippen LogP contribution in [0.3, 0.4) is 0 Å². The lowest BCUT2D eigenvalue weighted by Gasteiger charge is -2.59. The van der Waals surface area contributed by atoms with Gasteiger partial charge in [-0.1, -0.05) is 0 Å². The van der Waals surface area contributed by atoms with E-state index in [2.05, 4.69) is 10.3 Å². The van der Waals surface area contributed by atoms with Crippen LogP contribution in [0.25, 0.3) is 0 Å². The first-order chi connectivity index (χ1) is 9.68. The van der Waals surface area contributed by atoms with E-state index in [1.54, 1.807) is 6.07 Å². The zero-order valence-corrected chi connectivity index (χ0v) is 12.1. The second-order valence-electron chi connectivity index (χ2n) is 7.44. The summed E-state index contributed by atoms with van der Waals surface area (Å²) in [5.74, 6) is 2.53. The highest BCUT2D eigenvalue weighted by Crippen LogP contribution is 2.63. The third kappa shape index (κ3) is 1.90. The van der Waals surface area contributed by atoms with Gasteiger partial charge in [0.1, 0.15) is 5.82 Å². The fourth-order valence-electron chi connectivity index (χ4n) is 5.94. The summed E-state index contributed by atoms with van der Waals surface area (Å²) in [5.41, 5.74) is 1.38. The molecule has 4 saturated carbocycles. The van der Waals surface area contributed by atoms with Gasteiger partial charge in [-0.25, -0.2) is 4.39 Å². The Hall–Kier alpha value is -0.960. The second-order valence-corrected chi connectivity index (χ2v) is 7.44. The summed E-state index contributed by atoms with van der Waals surface area (Å²) >= 11 is 0. The molecule has 4 bridgehead atoms. The fourth-order valence-corrected chi connectivity index (χ4v) is 5.94. The van der Waals surface area contributed by atoms with Gasteiger partial charge in [-0.05, 0) is 80.4 Å². The topological polar surface area (TPSA) is 24.9 Å². The van der Waals surface area contributed by atoms with Gasteiger partial charge in [-0.3, -0.25) is 4.98 Å². The van der Waals surface area contributed by atoms with Crippen molar-refractivity contribution in [2.75, 3.05) is 7.05 Å². The Balaban J connectivity index is 1.70. The van der Waals surface area contributed by atoms with Gasteiger partial charge in [0.05, 0.1) is 6.20 Å². The number of halogens is 1. The van der Waals surface area contributed by atoms with Crippen molar-refractivity contribution in [3.05, 3.63) is 29.8 Å². The Labute approximate surface area is 120 Å². The van der Waals surface area contributed by atoms with Crippen molar-refractivity contribution in [2.45, 2.75) is 44.6 Å². The fraction of sp³-hybridized carbons (Fsp3) is 0.706. The van der Waals surface area contributed by atoms with Crippen LogP contribution in [-0.4, -0.2) is 12.0 Å². The van der Waals surface area contributed by atoms with Crippen molar-refractivity contribution in [2.24, 2.45) is 23.2 Å². The smallest absolute Gasteiger partial charge is 0.141 e. The second kappa shape index (κ2) is 4.52. The maximum absolute atomic E-state index is 13.5. The van der Waals surface area contributed by atoms with E-state index in [4.69, 9.17) is 0 Å². The molecule has 1 unspecified atom stereocenters. The summed E-state index contributed by atoms with van der Waals surface area (Å²) in [6.45, 7) is 0. The SMILES string of the molecule is CNC(c1cncc(F)c1)C12CC3CC(CC(C3)C1)C2. The minimum Gasteiger partial charge on any atom is -0.312 e. The zero-order chi connectivity index (χ0) is 13.7. The number of aromatic nitrogens is 1. The Bertz CT molecular complexity index is 478. The molecule has 2 nitrogen and oxygen atoms in total. The number of hydrogen-bond acceptors (Lipinski definition) is 2. The normalized spacial score (nSPS) is 40.0. The van der Waals surface area contributed by atoms with E-state index >= 15 is 0 Å². The Morgan fingerprint density at radius 3 is 2.25 bits per heavy atom. The number of nitrogens with zero attached hydrogens (tertiary/aromatic N) is 1. The summed E-state index contributed by atoms with van der Waals surface area (Å²) < 4.78 is 13.5. The van der Waals surface area contributed by atoms with Gasteiger partial charge >= 0.3 is 0 Å². The van der Waals surface area contributed by atoms with Crippen LogP contribution in [0.2, 0.25) is 0 Å². The molecule has 5 rings (SSSR count). The zero-order valence-electron chi connectivity index (χ0n) is 12.1. The molecule has 1 heterocycles. The van der Waals surface area contributed by atoms with Crippen molar-refractivity contribution < 1.29 is 4.39 Å². The van der Waals surface area contributed by atoms with Crippen molar-refractivity contribution >= 4 is 0 Å². The van der Waals surface area contributed by atoms with Crippen molar-refractivity contribution in [1.29, 1.82) is 0 Å². The summed E-state index contributed by atoms with van der Waals surface area (Å²) in [4.78, 5) is 4.07. The molecule has 0 saturated heterocycles. The summed E-state index contributed by atoms with van der Waals surface area (Å²) in [6, 6.07) is 1.94. The molecule has 0 aliphatic heterocycles. The highest BCUT2D eigenvalue weighted by molar-refractivity contribution is 5.21. The average molecular weight is 274 g/mol. The van der Waals surface area contributed by atoms with Crippen LogP contribution in [0.15, 0.2) is 18.5 Å². The summed E-state index contributed by atoms with van der Waals surface area (Å²) in [7, 11) is 2.02. The van der Waals surface area contributed by atoms with Gasteiger partial charge in [-0.15, -0.1) is 0 Å². The van der Waals surface area contributed by atoms with Gasteiger partial charge in [0.25, 0.3) is 0 Å². The predicted molar refractivity (Wildman–Crippen MR) is 76.6 cm³/mol. The molecule has 4 aliphatic rings. The third-order valence-corrected chi connectivity index (χ3v) is 6.05. The molecule has 1 aromatic heterocycles. The minimum absolute atomic E-state index is 0.215.